The number of amides is 2. The molecule has 0 bridgehead atoms. The molecule has 192 valence electrons. The van der Waals surface area contributed by atoms with Crippen LogP contribution in [0.1, 0.15) is 53.5 Å². The molecule has 2 amide bonds. The van der Waals surface area contributed by atoms with Gasteiger partial charge in [-0.25, -0.2) is 9.59 Å². The summed E-state index contributed by atoms with van der Waals surface area (Å²) in [6.07, 6.45) is -0.848. The van der Waals surface area contributed by atoms with E-state index in [0.717, 1.165) is 5.56 Å². The number of benzene rings is 1. The van der Waals surface area contributed by atoms with Crippen LogP contribution in [0.25, 0.3) is 0 Å². The number of ether oxygens (including phenoxy) is 3. The Morgan fingerprint density at radius 1 is 1.03 bits per heavy atom. The van der Waals surface area contributed by atoms with Crippen molar-refractivity contribution < 1.29 is 33.4 Å². The second kappa shape index (κ2) is 9.51. The van der Waals surface area contributed by atoms with Crippen molar-refractivity contribution in [1.82, 2.24) is 5.32 Å². The molecule has 9 nitrogen and oxygen atoms in total. The maximum Gasteiger partial charge on any atom is 0.408 e. The number of esters is 2. The number of carbonyl (C=O) groups excluding carboxylic acids is 4. The fourth-order valence-corrected chi connectivity index (χ4v) is 5.45. The van der Waals surface area contributed by atoms with Crippen molar-refractivity contribution in [3.63, 3.8) is 0 Å². The number of anilines is 1. The van der Waals surface area contributed by atoms with Gasteiger partial charge in [-0.05, 0) is 66.0 Å². The summed E-state index contributed by atoms with van der Waals surface area (Å²) in [6, 6.07) is 7.32. The standard InChI is InChI=1S/C26H36N2O7/c1-8-33-21(30)19-18-17(20(29)27-16-12-10-15(3)11-13-16)14-26(25(18,19)7,22(31)34-9-2)28-23(32)35-24(4,5)6/h10-13,17-19H,8-9,14H2,1-7H3,(H,27,29)(H,28,32)/t17-,18-,19-,25-,26-/m0/s1. The molecule has 0 unspecified atom stereocenters. The number of hydrogen-bond donors (Lipinski definition) is 2. The first-order valence-electron chi connectivity index (χ1n) is 12.0. The van der Waals surface area contributed by atoms with Crippen LogP contribution in [0.2, 0.25) is 0 Å². The van der Waals surface area contributed by atoms with E-state index in [1.807, 2.05) is 19.1 Å². The van der Waals surface area contributed by atoms with Crippen LogP contribution >= 0.6 is 0 Å². The van der Waals surface area contributed by atoms with Gasteiger partial charge in [0.15, 0.2) is 0 Å². The topological polar surface area (TPSA) is 120 Å². The van der Waals surface area contributed by atoms with Crippen LogP contribution in [-0.4, -0.2) is 48.3 Å². The molecule has 0 saturated heterocycles. The number of aryl methyl sites for hydroxylation is 1. The summed E-state index contributed by atoms with van der Waals surface area (Å²) < 4.78 is 16.1. The average Bonchev–Trinajstić information content (AvgIpc) is 3.29. The van der Waals surface area contributed by atoms with Crippen molar-refractivity contribution >= 4 is 29.6 Å². The maximum atomic E-state index is 13.4. The van der Waals surface area contributed by atoms with Crippen molar-refractivity contribution in [3.8, 4) is 0 Å². The van der Waals surface area contributed by atoms with Gasteiger partial charge in [-0.2, -0.15) is 0 Å². The molecule has 0 aliphatic heterocycles. The average molecular weight is 489 g/mol. The zero-order chi connectivity index (χ0) is 26.2. The SMILES string of the molecule is CCOC(=O)[C@@H]1[C@@H]2[C@@H](C(=O)Nc3ccc(C)cc3)C[C@](NC(=O)OC(C)(C)C)(C(=O)OCC)[C@@]21C. The number of nitrogens with one attached hydrogen (secondary N) is 2. The molecule has 9 heteroatoms. The van der Waals surface area contributed by atoms with Gasteiger partial charge in [0.25, 0.3) is 0 Å². The van der Waals surface area contributed by atoms with Crippen molar-refractivity contribution in [3.05, 3.63) is 29.8 Å². The first-order valence-corrected chi connectivity index (χ1v) is 12.0. The molecule has 2 saturated carbocycles. The Bertz CT molecular complexity index is 1000. The van der Waals surface area contributed by atoms with Gasteiger partial charge in [0.2, 0.25) is 5.91 Å². The normalized spacial score (nSPS) is 28.9. The van der Waals surface area contributed by atoms with Crippen LogP contribution in [0.3, 0.4) is 0 Å². The Kier molecular flexibility index (Phi) is 7.20. The van der Waals surface area contributed by atoms with Crippen LogP contribution in [0, 0.1) is 30.1 Å². The summed E-state index contributed by atoms with van der Waals surface area (Å²) in [5, 5.41) is 5.62. The number of hydrogen-bond acceptors (Lipinski definition) is 7. The van der Waals surface area contributed by atoms with E-state index in [1.165, 1.54) is 0 Å². The van der Waals surface area contributed by atoms with E-state index >= 15 is 0 Å². The van der Waals surface area contributed by atoms with Crippen molar-refractivity contribution in [2.45, 2.75) is 66.0 Å². The molecule has 2 fully saturated rings. The summed E-state index contributed by atoms with van der Waals surface area (Å²) in [5.74, 6) is -3.57. The third-order valence-electron chi connectivity index (χ3n) is 7.00. The van der Waals surface area contributed by atoms with Crippen molar-refractivity contribution in [2.24, 2.45) is 23.2 Å². The molecule has 2 N–H and O–H groups in total. The zero-order valence-corrected chi connectivity index (χ0v) is 21.5. The molecule has 3 rings (SSSR count). The minimum absolute atomic E-state index is 0.0279. The van der Waals surface area contributed by atoms with Crippen LogP contribution < -0.4 is 10.6 Å². The fraction of sp³-hybridized carbons (Fsp3) is 0.615. The van der Waals surface area contributed by atoms with Gasteiger partial charge in [0.1, 0.15) is 11.1 Å². The third-order valence-corrected chi connectivity index (χ3v) is 7.00. The molecular formula is C26H36N2O7. The van der Waals surface area contributed by atoms with E-state index in [4.69, 9.17) is 14.2 Å². The molecule has 1 aromatic carbocycles. The number of alkyl carbamates (subject to hydrolysis) is 1. The van der Waals surface area contributed by atoms with Gasteiger partial charge in [0, 0.05) is 17.0 Å². The smallest absolute Gasteiger partial charge is 0.408 e. The monoisotopic (exact) mass is 488 g/mol. The summed E-state index contributed by atoms with van der Waals surface area (Å²) in [5.41, 5.74) is -1.89. The number of rotatable bonds is 7. The van der Waals surface area contributed by atoms with Crippen LogP contribution in [-0.2, 0) is 28.6 Å². The second-order valence-corrected chi connectivity index (χ2v) is 10.5. The highest BCUT2D eigenvalue weighted by Crippen LogP contribution is 2.75. The highest BCUT2D eigenvalue weighted by Gasteiger charge is 2.85. The van der Waals surface area contributed by atoms with Crippen molar-refractivity contribution in [1.29, 1.82) is 0 Å². The van der Waals surface area contributed by atoms with Gasteiger partial charge >= 0.3 is 18.0 Å². The van der Waals surface area contributed by atoms with E-state index in [9.17, 15) is 19.2 Å². The third kappa shape index (κ3) is 4.86. The molecule has 2 aliphatic carbocycles. The summed E-state index contributed by atoms with van der Waals surface area (Å²) >= 11 is 0. The Morgan fingerprint density at radius 2 is 1.63 bits per heavy atom. The molecular weight excluding hydrogens is 452 g/mol. The fourth-order valence-electron chi connectivity index (χ4n) is 5.45. The first kappa shape index (κ1) is 26.5. The summed E-state index contributed by atoms with van der Waals surface area (Å²) in [4.78, 5) is 52.7. The highest BCUT2D eigenvalue weighted by molar-refractivity contribution is 5.99. The lowest BCUT2D eigenvalue weighted by Crippen LogP contribution is -2.61. The van der Waals surface area contributed by atoms with E-state index in [1.54, 1.807) is 53.7 Å². The van der Waals surface area contributed by atoms with Gasteiger partial charge in [-0.3, -0.25) is 9.59 Å². The molecule has 1 aromatic rings. The van der Waals surface area contributed by atoms with Gasteiger partial charge in [-0.15, -0.1) is 0 Å². The van der Waals surface area contributed by atoms with E-state index in [-0.39, 0.29) is 25.5 Å². The van der Waals surface area contributed by atoms with E-state index < -0.39 is 52.3 Å². The predicted octanol–water partition coefficient (Wildman–Crippen LogP) is 3.60. The maximum absolute atomic E-state index is 13.4. The Hall–Kier alpha value is -3.10. The minimum Gasteiger partial charge on any atom is -0.466 e. The molecule has 0 radical (unpaired) electrons. The molecule has 0 heterocycles. The first-order chi connectivity index (χ1) is 16.3. The molecule has 5 atom stereocenters. The Labute approximate surface area is 206 Å². The Balaban J connectivity index is 2.00. The van der Waals surface area contributed by atoms with Crippen LogP contribution in [0.5, 0.6) is 0 Å². The molecule has 0 spiro atoms. The van der Waals surface area contributed by atoms with Crippen molar-refractivity contribution in [2.75, 3.05) is 18.5 Å². The highest BCUT2D eigenvalue weighted by atomic mass is 16.6. The van der Waals surface area contributed by atoms with Crippen LogP contribution in [0.4, 0.5) is 10.5 Å². The van der Waals surface area contributed by atoms with Crippen LogP contribution in [0.15, 0.2) is 24.3 Å². The zero-order valence-electron chi connectivity index (χ0n) is 21.5. The second-order valence-electron chi connectivity index (χ2n) is 10.5. The van der Waals surface area contributed by atoms with Gasteiger partial charge in [-0.1, -0.05) is 24.6 Å². The quantitative estimate of drug-likeness (QED) is 0.444. The van der Waals surface area contributed by atoms with Gasteiger partial charge < -0.3 is 24.8 Å². The number of fused-ring (bicyclic) bond motifs is 1. The minimum atomic E-state index is -1.64. The lowest BCUT2D eigenvalue weighted by atomic mass is 9.79. The van der Waals surface area contributed by atoms with E-state index in [2.05, 4.69) is 10.6 Å². The lowest BCUT2D eigenvalue weighted by molar-refractivity contribution is -0.156. The summed E-state index contributed by atoms with van der Waals surface area (Å²) in [6.45, 7) is 12.4. The largest absolute Gasteiger partial charge is 0.466 e. The Morgan fingerprint density at radius 3 is 2.17 bits per heavy atom. The molecule has 35 heavy (non-hydrogen) atoms. The molecule has 0 aromatic heterocycles. The summed E-state index contributed by atoms with van der Waals surface area (Å²) in [7, 11) is 0. The lowest BCUT2D eigenvalue weighted by Gasteiger charge is -2.37. The van der Waals surface area contributed by atoms with Gasteiger partial charge in [0.05, 0.1) is 19.1 Å². The van der Waals surface area contributed by atoms with E-state index in [0.29, 0.717) is 5.69 Å². The molecule has 2 aliphatic rings. The predicted molar refractivity (Wildman–Crippen MR) is 128 cm³/mol. The number of carbonyl (C=O) groups is 4.